The van der Waals surface area contributed by atoms with Crippen LogP contribution in [0.3, 0.4) is 0 Å². The quantitative estimate of drug-likeness (QED) is 0.511. The summed E-state index contributed by atoms with van der Waals surface area (Å²) in [6.07, 6.45) is 19.2. The van der Waals surface area contributed by atoms with Crippen LogP contribution in [0, 0.1) is 0 Å². The summed E-state index contributed by atoms with van der Waals surface area (Å²) in [4.78, 5) is 11.5. The molecule has 0 bridgehead atoms. The maximum atomic E-state index is 5.75. The van der Waals surface area contributed by atoms with Crippen LogP contribution in [0.25, 0.3) is 0 Å². The van der Waals surface area contributed by atoms with E-state index in [2.05, 4.69) is 0 Å². The van der Waals surface area contributed by atoms with E-state index in [0.29, 0.717) is 12.2 Å². The molecule has 0 atom stereocenters. The molecule has 2 aliphatic carbocycles. The van der Waals surface area contributed by atoms with Crippen LogP contribution in [0.1, 0.15) is 89.9 Å². The van der Waals surface area contributed by atoms with Crippen molar-refractivity contribution in [2.45, 2.75) is 102 Å². The van der Waals surface area contributed by atoms with Gasteiger partial charge < -0.3 is 0 Å². The van der Waals surface area contributed by atoms with Crippen molar-refractivity contribution in [3.63, 3.8) is 0 Å². The lowest BCUT2D eigenvalue weighted by Crippen LogP contribution is -2.21. The Hall–Kier alpha value is -0.0800. The molecule has 18 heavy (non-hydrogen) atoms. The molecule has 0 heterocycles. The van der Waals surface area contributed by atoms with Gasteiger partial charge in [-0.1, -0.05) is 64.2 Å². The zero-order valence-corrected chi connectivity index (χ0v) is 11.9. The van der Waals surface area contributed by atoms with E-state index in [1.165, 1.54) is 89.9 Å². The molecule has 2 nitrogen and oxygen atoms in total. The largest absolute Gasteiger partial charge is 0.233 e. The van der Waals surface area contributed by atoms with Crippen molar-refractivity contribution in [1.29, 1.82) is 0 Å². The highest BCUT2D eigenvalue weighted by molar-refractivity contribution is 4.64. The Balaban J connectivity index is 1.64. The lowest BCUT2D eigenvalue weighted by atomic mass is 9.98. The summed E-state index contributed by atoms with van der Waals surface area (Å²) < 4.78 is 0. The van der Waals surface area contributed by atoms with Crippen LogP contribution in [0.15, 0.2) is 0 Å². The molecule has 0 aromatic carbocycles. The number of hydrogen-bond donors (Lipinski definition) is 0. The van der Waals surface area contributed by atoms with Crippen LogP contribution < -0.4 is 0 Å². The third-order valence-corrected chi connectivity index (χ3v) is 4.43. The van der Waals surface area contributed by atoms with E-state index in [1.54, 1.807) is 0 Å². The fourth-order valence-electron chi connectivity index (χ4n) is 3.19. The highest BCUT2D eigenvalue weighted by atomic mass is 17.2. The van der Waals surface area contributed by atoms with Gasteiger partial charge in [-0.05, 0) is 25.7 Å². The van der Waals surface area contributed by atoms with Gasteiger partial charge in [0, 0.05) is 0 Å². The standard InChI is InChI=1S/C16H30O2/c1-3-7-11-15(12-8-4-1)17-18-16-13-9-5-2-6-10-14-16/h15-16H,1-14H2. The van der Waals surface area contributed by atoms with Crippen LogP contribution in [0.5, 0.6) is 0 Å². The Morgan fingerprint density at radius 1 is 0.389 bits per heavy atom. The van der Waals surface area contributed by atoms with E-state index in [4.69, 9.17) is 9.78 Å². The molecule has 0 aromatic rings. The summed E-state index contributed by atoms with van der Waals surface area (Å²) in [7, 11) is 0. The molecule has 0 saturated heterocycles. The first-order chi connectivity index (χ1) is 8.95. The average Bonchev–Trinajstić information content (AvgIpc) is 2.29. The van der Waals surface area contributed by atoms with Crippen molar-refractivity contribution in [1.82, 2.24) is 0 Å². The fourth-order valence-corrected chi connectivity index (χ4v) is 3.19. The molecule has 0 amide bonds. The second-order valence-corrected chi connectivity index (χ2v) is 6.13. The van der Waals surface area contributed by atoms with Gasteiger partial charge in [-0.15, -0.1) is 0 Å². The highest BCUT2D eigenvalue weighted by Crippen LogP contribution is 2.23. The van der Waals surface area contributed by atoms with Crippen LogP contribution in [0.2, 0.25) is 0 Å². The summed E-state index contributed by atoms with van der Waals surface area (Å²) in [5.41, 5.74) is 0. The van der Waals surface area contributed by atoms with Crippen LogP contribution in [-0.4, -0.2) is 12.2 Å². The van der Waals surface area contributed by atoms with Crippen LogP contribution in [-0.2, 0) is 9.78 Å². The lowest BCUT2D eigenvalue weighted by molar-refractivity contribution is -0.355. The van der Waals surface area contributed by atoms with Gasteiger partial charge in [0.25, 0.3) is 0 Å². The van der Waals surface area contributed by atoms with Gasteiger partial charge in [0.15, 0.2) is 0 Å². The maximum absolute atomic E-state index is 5.75. The molecule has 106 valence electrons. The van der Waals surface area contributed by atoms with Crippen molar-refractivity contribution < 1.29 is 9.78 Å². The third kappa shape index (κ3) is 5.71. The molecule has 2 rings (SSSR count). The predicted molar refractivity (Wildman–Crippen MR) is 74.4 cm³/mol. The molecule has 0 unspecified atom stereocenters. The Bertz CT molecular complexity index is 167. The molecule has 0 aromatic heterocycles. The topological polar surface area (TPSA) is 18.5 Å². The molecular formula is C16H30O2. The first kappa shape index (κ1) is 14.3. The monoisotopic (exact) mass is 254 g/mol. The molecule has 2 heteroatoms. The molecule has 0 N–H and O–H groups in total. The Labute approximate surface area is 112 Å². The summed E-state index contributed by atoms with van der Waals surface area (Å²) in [6.45, 7) is 0. The van der Waals surface area contributed by atoms with Gasteiger partial charge >= 0.3 is 0 Å². The van der Waals surface area contributed by atoms with E-state index in [1.807, 2.05) is 0 Å². The molecule has 0 radical (unpaired) electrons. The maximum Gasteiger partial charge on any atom is 0.0930 e. The zero-order chi connectivity index (χ0) is 12.5. The molecular weight excluding hydrogens is 224 g/mol. The van der Waals surface area contributed by atoms with Crippen molar-refractivity contribution in [2.75, 3.05) is 0 Å². The van der Waals surface area contributed by atoms with Gasteiger partial charge in [0.1, 0.15) is 0 Å². The minimum absolute atomic E-state index is 0.371. The average molecular weight is 254 g/mol. The lowest BCUT2D eigenvalue weighted by Gasteiger charge is -2.24. The second-order valence-electron chi connectivity index (χ2n) is 6.13. The Kier molecular flexibility index (Phi) is 7.11. The number of hydrogen-bond acceptors (Lipinski definition) is 2. The van der Waals surface area contributed by atoms with E-state index in [-0.39, 0.29) is 0 Å². The van der Waals surface area contributed by atoms with Crippen LogP contribution >= 0.6 is 0 Å². The van der Waals surface area contributed by atoms with Crippen molar-refractivity contribution in [2.24, 2.45) is 0 Å². The van der Waals surface area contributed by atoms with E-state index in [9.17, 15) is 0 Å². The smallest absolute Gasteiger partial charge is 0.0930 e. The normalized spacial score (nSPS) is 26.0. The SMILES string of the molecule is C1CCCC(OOC2CCCCCCC2)CCC1. The Morgan fingerprint density at radius 3 is 1.00 bits per heavy atom. The summed E-state index contributed by atoms with van der Waals surface area (Å²) in [6, 6.07) is 0. The fraction of sp³-hybridized carbons (Fsp3) is 1.00. The summed E-state index contributed by atoms with van der Waals surface area (Å²) >= 11 is 0. The first-order valence-corrected chi connectivity index (χ1v) is 8.27. The summed E-state index contributed by atoms with van der Waals surface area (Å²) in [5, 5.41) is 0. The van der Waals surface area contributed by atoms with E-state index >= 15 is 0 Å². The second kappa shape index (κ2) is 8.92. The molecule has 2 saturated carbocycles. The van der Waals surface area contributed by atoms with Gasteiger partial charge in [0.05, 0.1) is 12.2 Å². The summed E-state index contributed by atoms with van der Waals surface area (Å²) in [5.74, 6) is 0. The van der Waals surface area contributed by atoms with Gasteiger partial charge in [0.2, 0.25) is 0 Å². The van der Waals surface area contributed by atoms with Gasteiger partial charge in [-0.3, -0.25) is 0 Å². The Morgan fingerprint density at radius 2 is 0.667 bits per heavy atom. The van der Waals surface area contributed by atoms with Gasteiger partial charge in [-0.2, -0.15) is 0 Å². The highest BCUT2D eigenvalue weighted by Gasteiger charge is 2.17. The van der Waals surface area contributed by atoms with Crippen molar-refractivity contribution >= 4 is 0 Å². The minimum atomic E-state index is 0.371. The number of rotatable bonds is 3. The third-order valence-electron chi connectivity index (χ3n) is 4.43. The van der Waals surface area contributed by atoms with E-state index < -0.39 is 0 Å². The first-order valence-electron chi connectivity index (χ1n) is 8.27. The molecule has 2 fully saturated rings. The van der Waals surface area contributed by atoms with E-state index in [0.717, 1.165) is 0 Å². The van der Waals surface area contributed by atoms with Crippen molar-refractivity contribution in [3.05, 3.63) is 0 Å². The molecule has 2 aliphatic rings. The zero-order valence-electron chi connectivity index (χ0n) is 11.9. The minimum Gasteiger partial charge on any atom is -0.233 e. The van der Waals surface area contributed by atoms with Crippen molar-refractivity contribution in [3.8, 4) is 0 Å². The van der Waals surface area contributed by atoms with Gasteiger partial charge in [-0.25, -0.2) is 9.78 Å². The molecule has 0 spiro atoms. The predicted octanol–water partition coefficient (Wildman–Crippen LogP) is 5.16. The molecule has 0 aliphatic heterocycles. The van der Waals surface area contributed by atoms with Crippen LogP contribution in [0.4, 0.5) is 0 Å².